The minimum absolute atomic E-state index is 0.252. The van der Waals surface area contributed by atoms with E-state index in [1.165, 1.54) is 0 Å². The Kier molecular flexibility index (Phi) is 9.06. The molecule has 0 rings (SSSR count). The van der Waals surface area contributed by atoms with Crippen molar-refractivity contribution in [2.45, 2.75) is 40.0 Å². The number of hydrogen-bond donors (Lipinski definition) is 1. The van der Waals surface area contributed by atoms with Gasteiger partial charge in [-0.25, -0.2) is 0 Å². The number of rotatable bonds is 10. The summed E-state index contributed by atoms with van der Waals surface area (Å²) in [6.07, 6.45) is 3.28. The summed E-state index contributed by atoms with van der Waals surface area (Å²) in [6.45, 7) is 10.3. The molecule has 0 saturated carbocycles. The molecule has 3 nitrogen and oxygen atoms in total. The summed E-state index contributed by atoms with van der Waals surface area (Å²) in [5.41, 5.74) is 5.89. The molecular formula is C12H27NO2. The van der Waals surface area contributed by atoms with Gasteiger partial charge in [-0.3, -0.25) is 0 Å². The van der Waals surface area contributed by atoms with E-state index in [9.17, 15) is 0 Å². The van der Waals surface area contributed by atoms with Crippen molar-refractivity contribution in [1.82, 2.24) is 0 Å². The molecule has 0 fully saturated rings. The summed E-state index contributed by atoms with van der Waals surface area (Å²) >= 11 is 0. The monoisotopic (exact) mass is 217 g/mol. The van der Waals surface area contributed by atoms with Gasteiger partial charge in [-0.15, -0.1) is 0 Å². The van der Waals surface area contributed by atoms with Gasteiger partial charge >= 0.3 is 0 Å². The van der Waals surface area contributed by atoms with E-state index in [0.717, 1.165) is 39.0 Å². The highest BCUT2D eigenvalue weighted by atomic mass is 16.5. The van der Waals surface area contributed by atoms with Gasteiger partial charge in [0.1, 0.15) is 0 Å². The second-order valence-electron chi connectivity index (χ2n) is 4.70. The van der Waals surface area contributed by atoms with Crippen LogP contribution < -0.4 is 5.73 Å². The molecular weight excluding hydrogens is 190 g/mol. The molecule has 0 aromatic heterocycles. The van der Waals surface area contributed by atoms with Crippen molar-refractivity contribution in [3.8, 4) is 0 Å². The van der Waals surface area contributed by atoms with Crippen LogP contribution in [0.25, 0.3) is 0 Å². The van der Waals surface area contributed by atoms with Gasteiger partial charge < -0.3 is 15.2 Å². The molecule has 0 bridgehead atoms. The second-order valence-corrected chi connectivity index (χ2v) is 4.70. The fourth-order valence-corrected chi connectivity index (χ4v) is 1.22. The third-order valence-electron chi connectivity index (χ3n) is 2.42. The molecule has 0 heterocycles. The fourth-order valence-electron chi connectivity index (χ4n) is 1.22. The van der Waals surface area contributed by atoms with Crippen LogP contribution in [-0.4, -0.2) is 33.0 Å². The zero-order valence-corrected chi connectivity index (χ0v) is 10.6. The Morgan fingerprint density at radius 3 is 2.13 bits per heavy atom. The van der Waals surface area contributed by atoms with Crippen molar-refractivity contribution in [1.29, 1.82) is 0 Å². The number of nitrogens with two attached hydrogens (primary N) is 1. The Morgan fingerprint density at radius 1 is 1.00 bits per heavy atom. The predicted molar refractivity (Wildman–Crippen MR) is 64.0 cm³/mol. The van der Waals surface area contributed by atoms with E-state index in [-0.39, 0.29) is 5.41 Å². The van der Waals surface area contributed by atoms with Crippen molar-refractivity contribution in [2.24, 2.45) is 11.1 Å². The zero-order valence-electron chi connectivity index (χ0n) is 10.6. The van der Waals surface area contributed by atoms with E-state index in [0.29, 0.717) is 13.2 Å². The Morgan fingerprint density at radius 2 is 1.60 bits per heavy atom. The predicted octanol–water partition coefficient (Wildman–Crippen LogP) is 2.19. The summed E-state index contributed by atoms with van der Waals surface area (Å²) in [5, 5.41) is 0. The summed E-state index contributed by atoms with van der Waals surface area (Å²) in [5.74, 6) is 0. The van der Waals surface area contributed by atoms with Crippen molar-refractivity contribution in [3.05, 3.63) is 0 Å². The van der Waals surface area contributed by atoms with Crippen LogP contribution in [-0.2, 0) is 9.47 Å². The van der Waals surface area contributed by atoms with Crippen LogP contribution in [0.3, 0.4) is 0 Å². The van der Waals surface area contributed by atoms with Crippen LogP contribution in [0.5, 0.6) is 0 Å². The smallest absolute Gasteiger partial charge is 0.0700 e. The van der Waals surface area contributed by atoms with Crippen LogP contribution in [0, 0.1) is 5.41 Å². The third kappa shape index (κ3) is 10.2. The van der Waals surface area contributed by atoms with E-state index >= 15 is 0 Å². The first-order chi connectivity index (χ1) is 7.12. The Labute approximate surface area is 94.3 Å². The molecule has 3 heteroatoms. The van der Waals surface area contributed by atoms with Crippen molar-refractivity contribution in [3.63, 3.8) is 0 Å². The Balaban J connectivity index is 3.11. The van der Waals surface area contributed by atoms with Gasteiger partial charge in [0.05, 0.1) is 13.2 Å². The number of ether oxygens (including phenoxy) is 2. The van der Waals surface area contributed by atoms with Gasteiger partial charge in [0.25, 0.3) is 0 Å². The topological polar surface area (TPSA) is 44.5 Å². The third-order valence-corrected chi connectivity index (χ3v) is 2.42. The maximum Gasteiger partial charge on any atom is 0.0700 e. The first kappa shape index (κ1) is 14.9. The van der Waals surface area contributed by atoms with Crippen LogP contribution in [0.4, 0.5) is 0 Å². The van der Waals surface area contributed by atoms with Gasteiger partial charge in [-0.1, -0.05) is 20.8 Å². The highest BCUT2D eigenvalue weighted by Gasteiger charge is 2.14. The average Bonchev–Trinajstić information content (AvgIpc) is 2.22. The van der Waals surface area contributed by atoms with Crippen LogP contribution in [0.15, 0.2) is 0 Å². The molecule has 2 N–H and O–H groups in total. The first-order valence-electron chi connectivity index (χ1n) is 5.98. The molecule has 0 saturated heterocycles. The Hall–Kier alpha value is -0.120. The van der Waals surface area contributed by atoms with E-state index in [2.05, 4.69) is 20.8 Å². The van der Waals surface area contributed by atoms with E-state index in [1.54, 1.807) is 0 Å². The lowest BCUT2D eigenvalue weighted by Crippen LogP contribution is -2.23. The van der Waals surface area contributed by atoms with Gasteiger partial charge in [0, 0.05) is 13.2 Å². The average molecular weight is 217 g/mol. The largest absolute Gasteiger partial charge is 0.379 e. The molecule has 0 unspecified atom stereocenters. The molecule has 0 spiro atoms. The van der Waals surface area contributed by atoms with Gasteiger partial charge in [0.2, 0.25) is 0 Å². The van der Waals surface area contributed by atoms with Crippen molar-refractivity contribution < 1.29 is 9.47 Å². The SMILES string of the molecule is CCCOCCOCCCC(C)(C)CN. The molecule has 0 aliphatic heterocycles. The van der Waals surface area contributed by atoms with Crippen molar-refractivity contribution >= 4 is 0 Å². The molecule has 15 heavy (non-hydrogen) atoms. The van der Waals surface area contributed by atoms with E-state index < -0.39 is 0 Å². The number of hydrogen-bond acceptors (Lipinski definition) is 3. The maximum absolute atomic E-state index is 5.64. The van der Waals surface area contributed by atoms with Crippen LogP contribution >= 0.6 is 0 Å². The molecule has 0 atom stereocenters. The Bertz CT molecular complexity index is 138. The van der Waals surface area contributed by atoms with E-state index in [1.807, 2.05) is 0 Å². The van der Waals surface area contributed by atoms with Gasteiger partial charge in [-0.05, 0) is 31.2 Å². The lowest BCUT2D eigenvalue weighted by Gasteiger charge is -2.21. The standard InChI is InChI=1S/C12H27NO2/c1-4-7-14-9-10-15-8-5-6-12(2,3)11-13/h4-11,13H2,1-3H3. The quantitative estimate of drug-likeness (QED) is 0.571. The van der Waals surface area contributed by atoms with Crippen LogP contribution in [0.1, 0.15) is 40.0 Å². The maximum atomic E-state index is 5.64. The van der Waals surface area contributed by atoms with Gasteiger partial charge in [0.15, 0.2) is 0 Å². The van der Waals surface area contributed by atoms with Gasteiger partial charge in [-0.2, -0.15) is 0 Å². The lowest BCUT2D eigenvalue weighted by molar-refractivity contribution is 0.0443. The summed E-state index contributed by atoms with van der Waals surface area (Å²) in [4.78, 5) is 0. The van der Waals surface area contributed by atoms with Crippen LogP contribution in [0.2, 0.25) is 0 Å². The molecule has 0 aromatic rings. The summed E-state index contributed by atoms with van der Waals surface area (Å²) in [7, 11) is 0. The highest BCUT2D eigenvalue weighted by Crippen LogP contribution is 2.19. The lowest BCUT2D eigenvalue weighted by atomic mass is 9.88. The first-order valence-corrected chi connectivity index (χ1v) is 5.98. The zero-order chi connectivity index (χ0) is 11.6. The molecule has 0 aliphatic rings. The summed E-state index contributed by atoms with van der Waals surface area (Å²) < 4.78 is 10.8. The fraction of sp³-hybridized carbons (Fsp3) is 1.00. The normalized spacial score (nSPS) is 12.0. The molecule has 0 aromatic carbocycles. The molecule has 0 amide bonds. The molecule has 0 aliphatic carbocycles. The minimum Gasteiger partial charge on any atom is -0.379 e. The molecule has 92 valence electrons. The van der Waals surface area contributed by atoms with Crippen molar-refractivity contribution in [2.75, 3.05) is 33.0 Å². The second kappa shape index (κ2) is 9.13. The minimum atomic E-state index is 0.252. The summed E-state index contributed by atoms with van der Waals surface area (Å²) in [6, 6.07) is 0. The molecule has 0 radical (unpaired) electrons. The highest BCUT2D eigenvalue weighted by molar-refractivity contribution is 4.68. The van der Waals surface area contributed by atoms with E-state index in [4.69, 9.17) is 15.2 Å².